The summed E-state index contributed by atoms with van der Waals surface area (Å²) in [5, 5.41) is 3.42. The van der Waals surface area contributed by atoms with Crippen LogP contribution < -0.4 is 5.32 Å². The Balaban J connectivity index is 1.97. The van der Waals surface area contributed by atoms with Crippen LogP contribution in [0.25, 0.3) is 0 Å². The molecule has 96 valence electrons. The van der Waals surface area contributed by atoms with Crippen molar-refractivity contribution in [2.24, 2.45) is 0 Å². The molecule has 0 aliphatic carbocycles. The fourth-order valence-electron chi connectivity index (χ4n) is 1.54. The molecule has 0 fully saturated rings. The zero-order valence-corrected chi connectivity index (χ0v) is 10.9. The highest BCUT2D eigenvalue weighted by Gasteiger charge is 2.03. The Morgan fingerprint density at radius 1 is 1.59 bits per heavy atom. The maximum atomic E-state index is 5.42. The molecule has 1 aromatic rings. The molecule has 0 spiro atoms. The molecule has 0 amide bonds. The minimum Gasteiger partial charge on any atom is -0.469 e. The lowest BCUT2D eigenvalue weighted by molar-refractivity contribution is 0.155. The summed E-state index contributed by atoms with van der Waals surface area (Å²) in [6.07, 6.45) is 3.78. The lowest BCUT2D eigenvalue weighted by Gasteiger charge is -2.13. The molecule has 0 saturated heterocycles. The Labute approximate surface area is 104 Å². The van der Waals surface area contributed by atoms with E-state index in [1.165, 1.54) is 0 Å². The average molecular weight is 237 g/mol. The van der Waals surface area contributed by atoms with E-state index >= 15 is 0 Å². The normalized spacial score (nSPS) is 12.6. The van der Waals surface area contributed by atoms with Gasteiger partial charge in [-0.05, 0) is 32.4 Å². The molecule has 0 aliphatic rings. The first kappa shape index (κ1) is 14.0. The van der Waals surface area contributed by atoms with Crippen LogP contribution in [0.3, 0.4) is 0 Å². The first-order valence-corrected chi connectivity index (χ1v) is 6.16. The fraction of sp³-hybridized carbons (Fsp3) is 0.571. The standard InChI is InChI=1S/C14H23NO2/c1-12(2)11-16-10-8-15-13(3)6-7-14-5-4-9-17-14/h4-5,9,13,15H,1,6-8,10-11H2,2-3H3. The Hall–Kier alpha value is -1.06. The number of rotatable bonds is 9. The number of hydrogen-bond acceptors (Lipinski definition) is 3. The third kappa shape index (κ3) is 6.97. The first-order valence-electron chi connectivity index (χ1n) is 6.16. The van der Waals surface area contributed by atoms with Gasteiger partial charge >= 0.3 is 0 Å². The van der Waals surface area contributed by atoms with E-state index in [1.54, 1.807) is 6.26 Å². The van der Waals surface area contributed by atoms with Gasteiger partial charge in [0.2, 0.25) is 0 Å². The largest absolute Gasteiger partial charge is 0.469 e. The molecular weight excluding hydrogens is 214 g/mol. The van der Waals surface area contributed by atoms with Gasteiger partial charge in [-0.2, -0.15) is 0 Å². The summed E-state index contributed by atoms with van der Waals surface area (Å²) in [6.45, 7) is 10.2. The van der Waals surface area contributed by atoms with E-state index in [-0.39, 0.29) is 0 Å². The minimum atomic E-state index is 0.480. The summed E-state index contributed by atoms with van der Waals surface area (Å²) < 4.78 is 10.7. The van der Waals surface area contributed by atoms with Gasteiger partial charge in [0, 0.05) is 19.0 Å². The van der Waals surface area contributed by atoms with Crippen LogP contribution in [0.1, 0.15) is 26.0 Å². The van der Waals surface area contributed by atoms with E-state index in [9.17, 15) is 0 Å². The van der Waals surface area contributed by atoms with E-state index in [4.69, 9.17) is 9.15 Å². The Morgan fingerprint density at radius 2 is 2.41 bits per heavy atom. The van der Waals surface area contributed by atoms with Gasteiger partial charge in [0.15, 0.2) is 0 Å². The zero-order chi connectivity index (χ0) is 12.5. The highest BCUT2D eigenvalue weighted by atomic mass is 16.5. The molecule has 1 unspecified atom stereocenters. The second kappa shape index (κ2) is 8.09. The number of nitrogens with one attached hydrogen (secondary N) is 1. The van der Waals surface area contributed by atoms with Gasteiger partial charge in [0.25, 0.3) is 0 Å². The molecule has 0 bridgehead atoms. The molecule has 0 radical (unpaired) electrons. The SMILES string of the molecule is C=C(C)COCCNC(C)CCc1ccco1. The average Bonchev–Trinajstić information content (AvgIpc) is 2.78. The van der Waals surface area contributed by atoms with Gasteiger partial charge in [-0.3, -0.25) is 0 Å². The quantitative estimate of drug-likeness (QED) is 0.530. The minimum absolute atomic E-state index is 0.480. The van der Waals surface area contributed by atoms with Crippen molar-refractivity contribution < 1.29 is 9.15 Å². The van der Waals surface area contributed by atoms with Crippen LogP contribution in [0.15, 0.2) is 35.0 Å². The first-order chi connectivity index (χ1) is 8.18. The molecule has 17 heavy (non-hydrogen) atoms. The fourth-order valence-corrected chi connectivity index (χ4v) is 1.54. The van der Waals surface area contributed by atoms with Crippen LogP contribution in [-0.2, 0) is 11.2 Å². The second-order valence-electron chi connectivity index (χ2n) is 4.48. The predicted octanol–water partition coefficient (Wildman–Crippen LogP) is 2.78. The van der Waals surface area contributed by atoms with Crippen molar-refractivity contribution in [3.63, 3.8) is 0 Å². The third-order valence-electron chi connectivity index (χ3n) is 2.49. The van der Waals surface area contributed by atoms with E-state index in [2.05, 4.69) is 18.8 Å². The molecule has 1 heterocycles. The molecule has 0 saturated carbocycles. The van der Waals surface area contributed by atoms with Gasteiger partial charge in [0.05, 0.1) is 19.5 Å². The van der Waals surface area contributed by atoms with Crippen molar-refractivity contribution >= 4 is 0 Å². The maximum absolute atomic E-state index is 5.42. The smallest absolute Gasteiger partial charge is 0.103 e. The molecule has 3 nitrogen and oxygen atoms in total. The number of ether oxygens (including phenoxy) is 1. The van der Waals surface area contributed by atoms with E-state index in [1.807, 2.05) is 19.1 Å². The van der Waals surface area contributed by atoms with Crippen molar-refractivity contribution in [3.8, 4) is 0 Å². The van der Waals surface area contributed by atoms with Crippen LogP contribution in [0, 0.1) is 0 Å². The number of furan rings is 1. The van der Waals surface area contributed by atoms with Gasteiger partial charge < -0.3 is 14.5 Å². The molecule has 1 N–H and O–H groups in total. The highest BCUT2D eigenvalue weighted by Crippen LogP contribution is 2.05. The predicted molar refractivity (Wildman–Crippen MR) is 70.1 cm³/mol. The number of hydrogen-bond donors (Lipinski definition) is 1. The van der Waals surface area contributed by atoms with Crippen LogP contribution in [0.2, 0.25) is 0 Å². The van der Waals surface area contributed by atoms with Gasteiger partial charge in [-0.15, -0.1) is 0 Å². The zero-order valence-electron chi connectivity index (χ0n) is 10.9. The van der Waals surface area contributed by atoms with Crippen molar-refractivity contribution in [3.05, 3.63) is 36.3 Å². The molecule has 0 aromatic carbocycles. The van der Waals surface area contributed by atoms with Crippen LogP contribution >= 0.6 is 0 Å². The molecular formula is C14H23NO2. The monoisotopic (exact) mass is 237 g/mol. The Bertz CT molecular complexity index is 306. The van der Waals surface area contributed by atoms with Crippen molar-refractivity contribution in [1.29, 1.82) is 0 Å². The maximum Gasteiger partial charge on any atom is 0.103 e. The second-order valence-corrected chi connectivity index (χ2v) is 4.48. The van der Waals surface area contributed by atoms with Crippen molar-refractivity contribution in [1.82, 2.24) is 5.32 Å². The molecule has 1 aromatic heterocycles. The van der Waals surface area contributed by atoms with Crippen LogP contribution in [-0.4, -0.2) is 25.8 Å². The summed E-state index contributed by atoms with van der Waals surface area (Å²) in [7, 11) is 0. The lowest BCUT2D eigenvalue weighted by Crippen LogP contribution is -2.30. The van der Waals surface area contributed by atoms with E-state index < -0.39 is 0 Å². The summed E-state index contributed by atoms with van der Waals surface area (Å²) >= 11 is 0. The van der Waals surface area contributed by atoms with Gasteiger partial charge in [-0.25, -0.2) is 0 Å². The summed E-state index contributed by atoms with van der Waals surface area (Å²) in [5.41, 5.74) is 1.07. The Kier molecular flexibility index (Phi) is 6.67. The van der Waals surface area contributed by atoms with Crippen LogP contribution in [0.4, 0.5) is 0 Å². The van der Waals surface area contributed by atoms with Crippen molar-refractivity contribution in [2.75, 3.05) is 19.8 Å². The third-order valence-corrected chi connectivity index (χ3v) is 2.49. The van der Waals surface area contributed by atoms with Gasteiger partial charge in [0.1, 0.15) is 5.76 Å². The van der Waals surface area contributed by atoms with Crippen LogP contribution in [0.5, 0.6) is 0 Å². The molecule has 1 atom stereocenters. The number of aryl methyl sites for hydroxylation is 1. The topological polar surface area (TPSA) is 34.4 Å². The Morgan fingerprint density at radius 3 is 3.06 bits per heavy atom. The summed E-state index contributed by atoms with van der Waals surface area (Å²) in [4.78, 5) is 0. The van der Waals surface area contributed by atoms with E-state index in [0.29, 0.717) is 12.6 Å². The molecule has 0 aliphatic heterocycles. The summed E-state index contributed by atoms with van der Waals surface area (Å²) in [6, 6.07) is 4.43. The van der Waals surface area contributed by atoms with Crippen molar-refractivity contribution in [2.45, 2.75) is 32.7 Å². The lowest BCUT2D eigenvalue weighted by atomic mass is 10.1. The van der Waals surface area contributed by atoms with E-state index in [0.717, 1.165) is 37.3 Å². The molecule has 1 rings (SSSR count). The molecule has 3 heteroatoms. The summed E-state index contributed by atoms with van der Waals surface area (Å²) in [5.74, 6) is 1.05. The van der Waals surface area contributed by atoms with Gasteiger partial charge in [-0.1, -0.05) is 12.2 Å². The highest BCUT2D eigenvalue weighted by molar-refractivity contribution is 4.98.